The minimum Gasteiger partial charge on any atom is -0.363 e. The molecule has 24 heavy (non-hydrogen) atoms. The summed E-state index contributed by atoms with van der Waals surface area (Å²) in [6.45, 7) is 4.35. The van der Waals surface area contributed by atoms with Crippen LogP contribution in [0.1, 0.15) is 12.5 Å². The summed E-state index contributed by atoms with van der Waals surface area (Å²) in [7, 11) is -3.72. The summed E-state index contributed by atoms with van der Waals surface area (Å²) < 4.78 is 27.8. The summed E-state index contributed by atoms with van der Waals surface area (Å²) in [5, 5.41) is 6.90. The summed E-state index contributed by atoms with van der Waals surface area (Å²) in [5.41, 5.74) is 1.68. The quantitative estimate of drug-likeness (QED) is 0.686. The Labute approximate surface area is 152 Å². The van der Waals surface area contributed by atoms with E-state index in [0.29, 0.717) is 33.6 Å². The van der Waals surface area contributed by atoms with Gasteiger partial charge in [-0.1, -0.05) is 17.7 Å². The fourth-order valence-corrected chi connectivity index (χ4v) is 3.75. The lowest BCUT2D eigenvalue weighted by atomic mass is 10.2. The normalized spacial score (nSPS) is 11.0. The van der Waals surface area contributed by atoms with Crippen molar-refractivity contribution in [3.8, 4) is 0 Å². The van der Waals surface area contributed by atoms with Gasteiger partial charge in [0.15, 0.2) is 5.11 Å². The van der Waals surface area contributed by atoms with Crippen LogP contribution in [0.3, 0.4) is 0 Å². The molecule has 3 N–H and O–H groups in total. The van der Waals surface area contributed by atoms with Crippen LogP contribution in [0, 0.1) is 6.92 Å². The van der Waals surface area contributed by atoms with Crippen molar-refractivity contribution in [3.05, 3.63) is 53.1 Å². The molecule has 0 saturated carbocycles. The maximum absolute atomic E-state index is 12.7. The molecule has 0 aliphatic carbocycles. The Balaban J connectivity index is 2.28. The van der Waals surface area contributed by atoms with E-state index in [1.165, 1.54) is 0 Å². The van der Waals surface area contributed by atoms with Gasteiger partial charge in [0.25, 0.3) is 10.0 Å². The number of hydrogen-bond donors (Lipinski definition) is 3. The fraction of sp³-hybridized carbons (Fsp3) is 0.188. The molecule has 2 rings (SSSR count). The Morgan fingerprint density at radius 2 is 1.75 bits per heavy atom. The number of nitrogens with one attached hydrogen (secondary N) is 3. The van der Waals surface area contributed by atoms with Gasteiger partial charge in [-0.2, -0.15) is 0 Å². The van der Waals surface area contributed by atoms with Crippen LogP contribution in [0.5, 0.6) is 0 Å². The van der Waals surface area contributed by atoms with Crippen LogP contribution in [0.2, 0.25) is 5.02 Å². The van der Waals surface area contributed by atoms with E-state index in [-0.39, 0.29) is 4.90 Å². The lowest BCUT2D eigenvalue weighted by molar-refractivity contribution is 0.600. The maximum atomic E-state index is 12.7. The highest BCUT2D eigenvalue weighted by Gasteiger charge is 2.18. The van der Waals surface area contributed by atoms with Crippen molar-refractivity contribution in [2.45, 2.75) is 18.7 Å². The van der Waals surface area contributed by atoms with Crippen LogP contribution in [-0.2, 0) is 10.0 Å². The van der Waals surface area contributed by atoms with E-state index >= 15 is 0 Å². The van der Waals surface area contributed by atoms with Crippen molar-refractivity contribution in [1.29, 1.82) is 0 Å². The lowest BCUT2D eigenvalue weighted by Gasteiger charge is -2.14. The summed E-state index contributed by atoms with van der Waals surface area (Å²) in [4.78, 5) is 0.182. The number of hydrogen-bond acceptors (Lipinski definition) is 3. The van der Waals surface area contributed by atoms with Crippen molar-refractivity contribution in [3.63, 3.8) is 0 Å². The Hall–Kier alpha value is -1.83. The van der Waals surface area contributed by atoms with Crippen molar-refractivity contribution < 1.29 is 8.42 Å². The number of thiocarbonyl (C=S) groups is 1. The van der Waals surface area contributed by atoms with E-state index in [9.17, 15) is 8.42 Å². The molecule has 0 aromatic heterocycles. The maximum Gasteiger partial charge on any atom is 0.262 e. The summed E-state index contributed by atoms with van der Waals surface area (Å²) in [5.74, 6) is 0. The first-order valence-corrected chi connectivity index (χ1v) is 9.52. The zero-order valence-corrected chi connectivity index (χ0v) is 15.6. The molecule has 0 unspecified atom stereocenters. The number of halogens is 1. The van der Waals surface area contributed by atoms with Crippen LogP contribution in [0.4, 0.5) is 11.4 Å². The van der Waals surface area contributed by atoms with Gasteiger partial charge in [-0.05, 0) is 68.0 Å². The SMILES string of the molecule is CCNC(=S)Nc1ccc(C)c(S(=O)(=O)Nc2ccc(Cl)cc2)c1. The predicted molar refractivity (Wildman–Crippen MR) is 103 cm³/mol. The number of rotatable bonds is 5. The minimum atomic E-state index is -3.72. The van der Waals surface area contributed by atoms with Crippen LogP contribution in [-0.4, -0.2) is 20.1 Å². The highest BCUT2D eigenvalue weighted by molar-refractivity contribution is 7.92. The second kappa shape index (κ2) is 7.83. The van der Waals surface area contributed by atoms with Gasteiger partial charge < -0.3 is 10.6 Å². The van der Waals surface area contributed by atoms with Gasteiger partial charge in [0.1, 0.15) is 0 Å². The second-order valence-corrected chi connectivity index (χ2v) is 7.57. The third kappa shape index (κ3) is 4.83. The number of aryl methyl sites for hydroxylation is 1. The number of benzene rings is 2. The van der Waals surface area contributed by atoms with Gasteiger partial charge in [-0.15, -0.1) is 0 Å². The largest absolute Gasteiger partial charge is 0.363 e. The molecule has 0 bridgehead atoms. The van der Waals surface area contributed by atoms with Crippen molar-refractivity contribution in [2.75, 3.05) is 16.6 Å². The highest BCUT2D eigenvalue weighted by Crippen LogP contribution is 2.23. The molecule has 0 radical (unpaired) electrons. The average molecular weight is 384 g/mol. The first-order chi connectivity index (χ1) is 11.3. The van der Waals surface area contributed by atoms with Crippen LogP contribution in [0.15, 0.2) is 47.4 Å². The van der Waals surface area contributed by atoms with E-state index in [2.05, 4.69) is 15.4 Å². The van der Waals surface area contributed by atoms with Crippen LogP contribution >= 0.6 is 23.8 Å². The van der Waals surface area contributed by atoms with Gasteiger partial charge in [0.2, 0.25) is 0 Å². The molecule has 5 nitrogen and oxygen atoms in total. The molecule has 0 amide bonds. The minimum absolute atomic E-state index is 0.182. The molecule has 0 aliphatic heterocycles. The van der Waals surface area contributed by atoms with Crippen LogP contribution < -0.4 is 15.4 Å². The molecule has 0 atom stereocenters. The Morgan fingerprint density at radius 3 is 2.38 bits per heavy atom. The van der Waals surface area contributed by atoms with Gasteiger partial charge in [0.05, 0.1) is 4.90 Å². The smallest absolute Gasteiger partial charge is 0.262 e. The van der Waals surface area contributed by atoms with E-state index < -0.39 is 10.0 Å². The summed E-state index contributed by atoms with van der Waals surface area (Å²) >= 11 is 10.9. The molecule has 0 spiro atoms. The summed E-state index contributed by atoms with van der Waals surface area (Å²) in [6.07, 6.45) is 0. The Bertz CT molecular complexity index is 837. The van der Waals surface area contributed by atoms with E-state index in [1.807, 2.05) is 6.92 Å². The first kappa shape index (κ1) is 18.5. The summed E-state index contributed by atoms with van der Waals surface area (Å²) in [6, 6.07) is 11.5. The van der Waals surface area contributed by atoms with Crippen molar-refractivity contribution >= 4 is 50.3 Å². The molecule has 2 aromatic rings. The zero-order chi connectivity index (χ0) is 17.7. The molecule has 128 valence electrons. The topological polar surface area (TPSA) is 70.2 Å². The van der Waals surface area contributed by atoms with Gasteiger partial charge >= 0.3 is 0 Å². The Morgan fingerprint density at radius 1 is 1.12 bits per heavy atom. The number of anilines is 2. The lowest BCUT2D eigenvalue weighted by Crippen LogP contribution is -2.28. The van der Waals surface area contributed by atoms with Crippen LogP contribution in [0.25, 0.3) is 0 Å². The first-order valence-electron chi connectivity index (χ1n) is 7.25. The molecule has 0 aliphatic rings. The standard InChI is InChI=1S/C16H18ClN3O2S2/c1-3-18-16(23)19-14-7-4-11(2)15(10-14)24(21,22)20-13-8-5-12(17)6-9-13/h4-10,20H,3H2,1-2H3,(H2,18,19,23). The molecule has 0 saturated heterocycles. The molecular formula is C16H18ClN3O2S2. The molecular weight excluding hydrogens is 366 g/mol. The van der Waals surface area contributed by atoms with Gasteiger partial charge in [-0.25, -0.2) is 8.42 Å². The Kier molecular flexibility index (Phi) is 6.04. The average Bonchev–Trinajstić information content (AvgIpc) is 2.51. The molecule has 2 aromatic carbocycles. The highest BCUT2D eigenvalue weighted by atomic mass is 35.5. The third-order valence-electron chi connectivity index (χ3n) is 3.17. The third-order valence-corrected chi connectivity index (χ3v) is 5.19. The predicted octanol–water partition coefficient (Wildman–Crippen LogP) is 3.76. The van der Waals surface area contributed by atoms with Gasteiger partial charge in [0, 0.05) is 22.9 Å². The number of sulfonamides is 1. The molecule has 8 heteroatoms. The zero-order valence-electron chi connectivity index (χ0n) is 13.3. The fourth-order valence-electron chi connectivity index (χ4n) is 2.03. The van der Waals surface area contributed by atoms with E-state index in [1.54, 1.807) is 49.4 Å². The van der Waals surface area contributed by atoms with Gasteiger partial charge in [-0.3, -0.25) is 4.72 Å². The van der Waals surface area contributed by atoms with Crippen molar-refractivity contribution in [2.24, 2.45) is 0 Å². The van der Waals surface area contributed by atoms with E-state index in [0.717, 1.165) is 0 Å². The van der Waals surface area contributed by atoms with Crippen molar-refractivity contribution in [1.82, 2.24) is 5.32 Å². The monoisotopic (exact) mass is 383 g/mol. The second-order valence-electron chi connectivity index (χ2n) is 5.08. The molecule has 0 heterocycles. The molecule has 0 fully saturated rings. The van der Waals surface area contributed by atoms with E-state index in [4.69, 9.17) is 23.8 Å².